The van der Waals surface area contributed by atoms with Crippen LogP contribution >= 0.6 is 0 Å². The van der Waals surface area contributed by atoms with Crippen molar-refractivity contribution in [2.45, 2.75) is 56.3 Å². The van der Waals surface area contributed by atoms with E-state index in [9.17, 15) is 4.79 Å². The lowest BCUT2D eigenvalue weighted by Gasteiger charge is -2.42. The Morgan fingerprint density at radius 3 is 2.82 bits per heavy atom. The molecule has 3 fully saturated rings. The first-order valence-corrected chi connectivity index (χ1v) is 8.37. The van der Waals surface area contributed by atoms with Crippen LogP contribution in [-0.2, 0) is 16.6 Å². The lowest BCUT2D eigenvalue weighted by atomic mass is 9.91. The summed E-state index contributed by atoms with van der Waals surface area (Å²) >= 11 is 0. The first kappa shape index (κ1) is 14.2. The number of aromatic nitrogens is 2. The molecular weight excluding hydrogens is 280 g/mol. The summed E-state index contributed by atoms with van der Waals surface area (Å²) in [7, 11) is 1.97. The summed E-state index contributed by atoms with van der Waals surface area (Å²) in [4.78, 5) is 14.7. The number of nitrogens with zero attached hydrogens (tertiary/aromatic N) is 3. The van der Waals surface area contributed by atoms with Gasteiger partial charge < -0.3 is 15.0 Å². The van der Waals surface area contributed by atoms with Crippen molar-refractivity contribution < 1.29 is 9.53 Å². The summed E-state index contributed by atoms with van der Waals surface area (Å²) in [6.45, 7) is 1.62. The van der Waals surface area contributed by atoms with Crippen molar-refractivity contribution in [2.75, 3.05) is 13.2 Å². The molecule has 6 heteroatoms. The molecule has 120 valence electrons. The SMILES string of the molecule is Cn1nccc1[C@H]1[C@H](N[C@H]2CCOC2)CCC(=O)N1C1CC1. The quantitative estimate of drug-likeness (QED) is 0.901. The Balaban J connectivity index is 1.63. The van der Waals surface area contributed by atoms with Crippen molar-refractivity contribution in [1.29, 1.82) is 0 Å². The fourth-order valence-corrected chi connectivity index (χ4v) is 3.86. The second kappa shape index (κ2) is 5.66. The van der Waals surface area contributed by atoms with Gasteiger partial charge in [0.1, 0.15) is 0 Å². The molecule has 1 amide bonds. The molecule has 1 saturated carbocycles. The van der Waals surface area contributed by atoms with Crippen LogP contribution in [0.1, 0.15) is 43.8 Å². The van der Waals surface area contributed by atoms with Gasteiger partial charge >= 0.3 is 0 Å². The fraction of sp³-hybridized carbons (Fsp3) is 0.750. The van der Waals surface area contributed by atoms with Gasteiger partial charge in [0.05, 0.1) is 18.3 Å². The van der Waals surface area contributed by atoms with E-state index in [1.54, 1.807) is 0 Å². The number of carbonyl (C=O) groups is 1. The van der Waals surface area contributed by atoms with Gasteiger partial charge in [0, 0.05) is 44.4 Å². The Morgan fingerprint density at radius 2 is 2.18 bits per heavy atom. The Bertz CT molecular complexity index is 548. The van der Waals surface area contributed by atoms with E-state index < -0.39 is 0 Å². The molecule has 6 nitrogen and oxygen atoms in total. The zero-order valence-corrected chi connectivity index (χ0v) is 13.1. The zero-order valence-electron chi connectivity index (χ0n) is 13.1. The van der Waals surface area contributed by atoms with Gasteiger partial charge in [-0.1, -0.05) is 0 Å². The Hall–Kier alpha value is -1.40. The topological polar surface area (TPSA) is 59.4 Å². The number of amides is 1. The molecule has 1 aromatic rings. The lowest BCUT2D eigenvalue weighted by molar-refractivity contribution is -0.139. The third-order valence-electron chi connectivity index (χ3n) is 5.12. The smallest absolute Gasteiger partial charge is 0.223 e. The number of rotatable bonds is 4. The van der Waals surface area contributed by atoms with Crippen LogP contribution in [0.15, 0.2) is 12.3 Å². The van der Waals surface area contributed by atoms with Crippen LogP contribution in [0.2, 0.25) is 0 Å². The van der Waals surface area contributed by atoms with Gasteiger partial charge in [-0.2, -0.15) is 5.10 Å². The molecule has 2 saturated heterocycles. The van der Waals surface area contributed by atoms with Crippen LogP contribution in [-0.4, -0.2) is 51.9 Å². The number of piperidine rings is 1. The summed E-state index contributed by atoms with van der Waals surface area (Å²) in [6.07, 6.45) is 6.71. The number of hydrogen-bond donors (Lipinski definition) is 1. The normalized spacial score (nSPS) is 32.7. The number of hydrogen-bond acceptors (Lipinski definition) is 4. The highest BCUT2D eigenvalue weighted by molar-refractivity contribution is 5.78. The Morgan fingerprint density at radius 1 is 1.32 bits per heavy atom. The van der Waals surface area contributed by atoms with Crippen molar-refractivity contribution in [2.24, 2.45) is 7.05 Å². The number of aryl methyl sites for hydroxylation is 1. The maximum Gasteiger partial charge on any atom is 0.223 e. The van der Waals surface area contributed by atoms with E-state index in [4.69, 9.17) is 4.74 Å². The Labute approximate surface area is 130 Å². The van der Waals surface area contributed by atoms with E-state index in [0.717, 1.165) is 44.6 Å². The summed E-state index contributed by atoms with van der Waals surface area (Å²) < 4.78 is 7.41. The largest absolute Gasteiger partial charge is 0.380 e. The van der Waals surface area contributed by atoms with Crippen molar-refractivity contribution in [3.05, 3.63) is 18.0 Å². The maximum atomic E-state index is 12.5. The van der Waals surface area contributed by atoms with Gasteiger partial charge in [0.15, 0.2) is 0 Å². The second-order valence-corrected chi connectivity index (χ2v) is 6.73. The maximum absolute atomic E-state index is 12.5. The van der Waals surface area contributed by atoms with Crippen LogP contribution in [0.25, 0.3) is 0 Å². The predicted octanol–water partition coefficient (Wildman–Crippen LogP) is 0.993. The van der Waals surface area contributed by atoms with Crippen molar-refractivity contribution in [3.63, 3.8) is 0 Å². The standard InChI is InChI=1S/C16H24N4O2/c1-19-14(6-8-17-19)16-13(18-11-7-9-22-10-11)4-5-15(21)20(16)12-2-3-12/h6,8,11-13,16,18H,2-5,7,9-10H2,1H3/t11-,13+,16+/m0/s1. The highest BCUT2D eigenvalue weighted by atomic mass is 16.5. The molecule has 0 bridgehead atoms. The summed E-state index contributed by atoms with van der Waals surface area (Å²) in [5.41, 5.74) is 1.14. The van der Waals surface area contributed by atoms with Gasteiger partial charge in [0.25, 0.3) is 0 Å². The van der Waals surface area contributed by atoms with E-state index in [1.165, 1.54) is 0 Å². The third-order valence-corrected chi connectivity index (χ3v) is 5.12. The van der Waals surface area contributed by atoms with Crippen LogP contribution in [0.3, 0.4) is 0 Å². The van der Waals surface area contributed by atoms with E-state index in [2.05, 4.69) is 21.4 Å². The van der Waals surface area contributed by atoms with Crippen molar-refractivity contribution in [3.8, 4) is 0 Å². The predicted molar refractivity (Wildman–Crippen MR) is 81.2 cm³/mol. The number of likely N-dealkylation sites (tertiary alicyclic amines) is 1. The Kier molecular flexibility index (Phi) is 3.66. The van der Waals surface area contributed by atoms with E-state index >= 15 is 0 Å². The van der Waals surface area contributed by atoms with Crippen LogP contribution in [0.5, 0.6) is 0 Å². The van der Waals surface area contributed by atoms with Gasteiger partial charge in [-0.25, -0.2) is 0 Å². The average molecular weight is 304 g/mol. The molecule has 0 spiro atoms. The minimum absolute atomic E-state index is 0.0989. The molecule has 1 aromatic heterocycles. The second-order valence-electron chi connectivity index (χ2n) is 6.73. The van der Waals surface area contributed by atoms with Crippen molar-refractivity contribution in [1.82, 2.24) is 20.0 Å². The minimum atomic E-state index is 0.0989. The van der Waals surface area contributed by atoms with Crippen LogP contribution in [0, 0.1) is 0 Å². The van der Waals surface area contributed by atoms with Gasteiger partial charge in [-0.05, 0) is 31.7 Å². The van der Waals surface area contributed by atoms with E-state index in [0.29, 0.717) is 30.5 Å². The first-order chi connectivity index (χ1) is 10.7. The van der Waals surface area contributed by atoms with E-state index in [-0.39, 0.29) is 6.04 Å². The number of carbonyl (C=O) groups excluding carboxylic acids is 1. The highest BCUT2D eigenvalue weighted by Crippen LogP contribution is 2.40. The van der Waals surface area contributed by atoms with Gasteiger partial charge in [-0.3, -0.25) is 9.48 Å². The molecule has 2 aliphatic heterocycles. The molecule has 1 N–H and O–H groups in total. The molecule has 3 atom stereocenters. The molecule has 0 aromatic carbocycles. The zero-order chi connectivity index (χ0) is 15.1. The van der Waals surface area contributed by atoms with Gasteiger partial charge in [-0.15, -0.1) is 0 Å². The monoisotopic (exact) mass is 304 g/mol. The molecule has 22 heavy (non-hydrogen) atoms. The van der Waals surface area contributed by atoms with Crippen LogP contribution in [0.4, 0.5) is 0 Å². The van der Waals surface area contributed by atoms with Crippen LogP contribution < -0.4 is 5.32 Å². The minimum Gasteiger partial charge on any atom is -0.380 e. The lowest BCUT2D eigenvalue weighted by Crippen LogP contribution is -2.54. The molecule has 1 aliphatic carbocycles. The van der Waals surface area contributed by atoms with E-state index in [1.807, 2.05) is 17.9 Å². The molecule has 0 unspecified atom stereocenters. The first-order valence-electron chi connectivity index (χ1n) is 8.37. The summed E-state index contributed by atoms with van der Waals surface area (Å²) in [5, 5.41) is 8.08. The molecule has 4 rings (SSSR count). The molecule has 3 aliphatic rings. The summed E-state index contributed by atoms with van der Waals surface area (Å²) in [5.74, 6) is 0.300. The number of nitrogens with one attached hydrogen (secondary N) is 1. The highest BCUT2D eigenvalue weighted by Gasteiger charge is 2.45. The van der Waals surface area contributed by atoms with Crippen molar-refractivity contribution >= 4 is 5.91 Å². The molecular formula is C16H24N4O2. The molecule has 0 radical (unpaired) electrons. The third kappa shape index (κ3) is 2.54. The fourth-order valence-electron chi connectivity index (χ4n) is 3.86. The average Bonchev–Trinajstić information content (AvgIpc) is 3.04. The molecule has 3 heterocycles. The van der Waals surface area contributed by atoms with Gasteiger partial charge in [0.2, 0.25) is 5.91 Å². The number of ether oxygens (including phenoxy) is 1. The summed E-state index contributed by atoms with van der Waals surface area (Å²) in [6, 6.07) is 3.28.